The molecule has 7 nitrogen and oxygen atoms in total. The molecule has 1 N–H and O–H groups in total. The fourth-order valence-corrected chi connectivity index (χ4v) is 4.96. The van der Waals surface area contributed by atoms with Gasteiger partial charge in [0.05, 0.1) is 10.6 Å². The predicted molar refractivity (Wildman–Crippen MR) is 115 cm³/mol. The summed E-state index contributed by atoms with van der Waals surface area (Å²) in [4.78, 5) is 0.308. The van der Waals surface area contributed by atoms with E-state index >= 15 is 0 Å². The zero-order chi connectivity index (χ0) is 20.7. The number of sulfonamides is 1. The van der Waals surface area contributed by atoms with Crippen molar-refractivity contribution in [1.82, 2.24) is 19.8 Å². The Hall–Kier alpha value is -3.26. The zero-order valence-corrected chi connectivity index (χ0v) is 17.4. The molecule has 0 fully saturated rings. The highest BCUT2D eigenvalue weighted by Gasteiger charge is 2.18. The molecule has 30 heavy (non-hydrogen) atoms. The van der Waals surface area contributed by atoms with Gasteiger partial charge in [0.15, 0.2) is 11.5 Å². The van der Waals surface area contributed by atoms with Crippen molar-refractivity contribution in [2.45, 2.75) is 37.5 Å². The van der Waals surface area contributed by atoms with Crippen LogP contribution in [0.1, 0.15) is 29.8 Å². The molecule has 0 aliphatic heterocycles. The molecule has 1 aliphatic carbocycles. The molecule has 0 radical (unpaired) electrons. The van der Waals surface area contributed by atoms with Gasteiger partial charge in [0.1, 0.15) is 0 Å². The lowest BCUT2D eigenvalue weighted by Crippen LogP contribution is -2.14. The second-order valence-electron chi connectivity index (χ2n) is 7.56. The topological polar surface area (TPSA) is 89.2 Å². The largest absolute Gasteiger partial charge is 0.280 e. The summed E-state index contributed by atoms with van der Waals surface area (Å²) in [5.41, 5.74) is 5.24. The van der Waals surface area contributed by atoms with E-state index in [1.165, 1.54) is 12.0 Å². The summed E-state index contributed by atoms with van der Waals surface area (Å²) >= 11 is 0. The predicted octanol–water partition coefficient (Wildman–Crippen LogP) is 3.78. The van der Waals surface area contributed by atoms with Gasteiger partial charge >= 0.3 is 0 Å². The van der Waals surface area contributed by atoms with Gasteiger partial charge in [-0.05, 0) is 80.1 Å². The number of nitrogens with zero attached hydrogens (tertiary/aromatic N) is 4. The number of hydrogen-bond donors (Lipinski definition) is 1. The third kappa shape index (κ3) is 3.43. The summed E-state index contributed by atoms with van der Waals surface area (Å²) in [7, 11) is -3.64. The van der Waals surface area contributed by atoms with E-state index in [1.807, 2.05) is 43.3 Å². The second-order valence-corrected chi connectivity index (χ2v) is 9.24. The molecule has 0 unspecified atom stereocenters. The number of aromatic nitrogens is 4. The Morgan fingerprint density at radius 1 is 0.900 bits per heavy atom. The number of anilines is 1. The van der Waals surface area contributed by atoms with Crippen molar-refractivity contribution in [3.8, 4) is 11.3 Å². The molecule has 2 heterocycles. The van der Waals surface area contributed by atoms with E-state index in [4.69, 9.17) is 0 Å². The summed E-state index contributed by atoms with van der Waals surface area (Å²) in [5, 5.41) is 12.6. The maximum atomic E-state index is 12.9. The highest BCUT2D eigenvalue weighted by atomic mass is 32.2. The minimum absolute atomic E-state index is 0.308. The fourth-order valence-electron chi connectivity index (χ4n) is 3.85. The summed E-state index contributed by atoms with van der Waals surface area (Å²) in [6.45, 7) is 1.84. The molecule has 2 aromatic heterocycles. The molecule has 152 valence electrons. The highest BCUT2D eigenvalue weighted by Crippen LogP contribution is 2.26. The molecule has 0 bridgehead atoms. The van der Waals surface area contributed by atoms with E-state index in [9.17, 15) is 8.42 Å². The average molecular weight is 420 g/mol. The molecule has 4 aromatic rings. The third-order valence-electron chi connectivity index (χ3n) is 5.48. The first-order valence-electron chi connectivity index (χ1n) is 9.94. The minimum atomic E-state index is -3.64. The molecular formula is C22H21N5O2S. The molecular weight excluding hydrogens is 398 g/mol. The van der Waals surface area contributed by atoms with Crippen molar-refractivity contribution in [1.29, 1.82) is 0 Å². The molecule has 0 amide bonds. The first-order valence-corrected chi connectivity index (χ1v) is 11.4. The van der Waals surface area contributed by atoms with Crippen molar-refractivity contribution in [2.24, 2.45) is 0 Å². The average Bonchev–Trinajstić information content (AvgIpc) is 3.14. The van der Waals surface area contributed by atoms with E-state index < -0.39 is 10.0 Å². The second kappa shape index (κ2) is 7.21. The molecule has 0 spiro atoms. The molecule has 5 rings (SSSR count). The third-order valence-corrected chi connectivity index (χ3v) is 6.86. The van der Waals surface area contributed by atoms with Gasteiger partial charge < -0.3 is 0 Å². The Morgan fingerprint density at radius 2 is 1.67 bits per heavy atom. The van der Waals surface area contributed by atoms with Crippen molar-refractivity contribution < 1.29 is 8.42 Å². The van der Waals surface area contributed by atoms with Crippen LogP contribution in [0.4, 0.5) is 5.69 Å². The maximum absolute atomic E-state index is 12.9. The van der Waals surface area contributed by atoms with Gasteiger partial charge in [-0.3, -0.25) is 4.72 Å². The van der Waals surface area contributed by atoms with Gasteiger partial charge in [0.2, 0.25) is 0 Å². The van der Waals surface area contributed by atoms with Crippen LogP contribution < -0.4 is 4.72 Å². The SMILES string of the molecule is Cc1nnc2ccc(-c3ccc(NS(=O)(=O)c4ccc5c(c4)CCCC5)cc3)nn12. The van der Waals surface area contributed by atoms with E-state index in [0.29, 0.717) is 22.1 Å². The fraction of sp³-hybridized carbons (Fsp3) is 0.227. The number of rotatable bonds is 4. The van der Waals surface area contributed by atoms with E-state index in [-0.39, 0.29) is 0 Å². The molecule has 2 aromatic carbocycles. The molecule has 0 atom stereocenters. The Bertz CT molecular complexity index is 1340. The molecule has 0 saturated carbocycles. The maximum Gasteiger partial charge on any atom is 0.261 e. The Kier molecular flexibility index (Phi) is 4.51. The number of benzene rings is 2. The van der Waals surface area contributed by atoms with Gasteiger partial charge in [0, 0.05) is 11.3 Å². The van der Waals surface area contributed by atoms with Crippen LogP contribution in [-0.2, 0) is 22.9 Å². The molecule has 8 heteroatoms. The van der Waals surface area contributed by atoms with E-state index in [0.717, 1.165) is 36.1 Å². The van der Waals surface area contributed by atoms with Crippen molar-refractivity contribution in [3.05, 3.63) is 71.5 Å². The summed E-state index contributed by atoms with van der Waals surface area (Å²) < 4.78 is 30.1. The van der Waals surface area contributed by atoms with Gasteiger partial charge in [-0.25, -0.2) is 8.42 Å². The van der Waals surface area contributed by atoms with Crippen molar-refractivity contribution in [3.63, 3.8) is 0 Å². The Labute approximate surface area is 174 Å². The molecule has 0 saturated heterocycles. The first kappa shape index (κ1) is 18.7. The lowest BCUT2D eigenvalue weighted by Gasteiger charge is -2.17. The van der Waals surface area contributed by atoms with Gasteiger partial charge in [-0.2, -0.15) is 9.61 Å². The van der Waals surface area contributed by atoms with Crippen LogP contribution in [0, 0.1) is 6.92 Å². The zero-order valence-electron chi connectivity index (χ0n) is 16.5. The first-order chi connectivity index (χ1) is 14.5. The van der Waals surface area contributed by atoms with Crippen LogP contribution in [0.3, 0.4) is 0 Å². The number of nitrogens with one attached hydrogen (secondary N) is 1. The van der Waals surface area contributed by atoms with Gasteiger partial charge in [0.25, 0.3) is 10.0 Å². The van der Waals surface area contributed by atoms with Crippen LogP contribution in [0.2, 0.25) is 0 Å². The standard InChI is InChI=1S/C22H21N5O2S/c1-15-23-24-22-13-12-21(25-27(15)22)17-6-9-19(10-7-17)26-30(28,29)20-11-8-16-4-2-3-5-18(16)14-20/h6-14,26H,2-5H2,1H3. The minimum Gasteiger partial charge on any atom is -0.280 e. The van der Waals surface area contributed by atoms with Crippen LogP contribution in [-0.4, -0.2) is 28.2 Å². The monoisotopic (exact) mass is 419 g/mol. The van der Waals surface area contributed by atoms with Gasteiger partial charge in [-0.1, -0.05) is 18.2 Å². The lowest BCUT2D eigenvalue weighted by molar-refractivity contribution is 0.600. The normalized spacial score (nSPS) is 13.9. The summed E-state index contributed by atoms with van der Waals surface area (Å²) in [6, 6.07) is 16.4. The van der Waals surface area contributed by atoms with Crippen LogP contribution in [0.15, 0.2) is 59.5 Å². The highest BCUT2D eigenvalue weighted by molar-refractivity contribution is 7.92. The van der Waals surface area contributed by atoms with Crippen molar-refractivity contribution in [2.75, 3.05) is 4.72 Å². The van der Waals surface area contributed by atoms with Crippen LogP contribution in [0.25, 0.3) is 16.9 Å². The summed E-state index contributed by atoms with van der Waals surface area (Å²) in [5.74, 6) is 0.710. The molecule has 1 aliphatic rings. The number of aryl methyl sites for hydroxylation is 3. The number of hydrogen-bond acceptors (Lipinski definition) is 5. The Morgan fingerprint density at radius 3 is 2.47 bits per heavy atom. The quantitative estimate of drug-likeness (QED) is 0.544. The van der Waals surface area contributed by atoms with E-state index in [2.05, 4.69) is 20.0 Å². The number of fused-ring (bicyclic) bond motifs is 2. The summed E-state index contributed by atoms with van der Waals surface area (Å²) in [6.07, 6.45) is 4.25. The van der Waals surface area contributed by atoms with Gasteiger partial charge in [-0.15, -0.1) is 10.2 Å². The van der Waals surface area contributed by atoms with Crippen LogP contribution in [0.5, 0.6) is 0 Å². The Balaban J connectivity index is 1.39. The van der Waals surface area contributed by atoms with E-state index in [1.54, 1.807) is 22.7 Å². The lowest BCUT2D eigenvalue weighted by atomic mass is 9.92. The smallest absolute Gasteiger partial charge is 0.261 e. The van der Waals surface area contributed by atoms with Crippen molar-refractivity contribution >= 4 is 21.4 Å². The van der Waals surface area contributed by atoms with Crippen LogP contribution >= 0.6 is 0 Å².